The maximum Gasteiger partial charge on any atom is 0.169 e. The molecule has 160 valence electrons. The van der Waals surface area contributed by atoms with Crippen LogP contribution >= 0.6 is 0 Å². The Morgan fingerprint density at radius 3 is 2.84 bits per heavy atom. The summed E-state index contributed by atoms with van der Waals surface area (Å²) in [7, 11) is 1.96. The van der Waals surface area contributed by atoms with Crippen molar-refractivity contribution >= 4 is 22.7 Å². The minimum Gasteiger partial charge on any atom is -0.377 e. The summed E-state index contributed by atoms with van der Waals surface area (Å²) in [6.07, 6.45) is 5.88. The van der Waals surface area contributed by atoms with Crippen molar-refractivity contribution < 1.29 is 4.74 Å². The van der Waals surface area contributed by atoms with Gasteiger partial charge in [-0.25, -0.2) is 4.98 Å². The van der Waals surface area contributed by atoms with Crippen LogP contribution in [-0.4, -0.2) is 66.6 Å². The number of nitrogens with zero attached hydrogens (tertiary/aromatic N) is 7. The van der Waals surface area contributed by atoms with Gasteiger partial charge in [0.05, 0.1) is 36.5 Å². The first-order valence-corrected chi connectivity index (χ1v) is 10.7. The van der Waals surface area contributed by atoms with E-state index < -0.39 is 0 Å². The van der Waals surface area contributed by atoms with Crippen molar-refractivity contribution in [3.8, 4) is 17.1 Å². The summed E-state index contributed by atoms with van der Waals surface area (Å²) in [4.78, 5) is 7.41. The zero-order valence-electron chi connectivity index (χ0n) is 17.6. The number of aromatic amines is 1. The normalized spacial score (nSPS) is 19.3. The van der Waals surface area contributed by atoms with Crippen LogP contribution < -0.4 is 10.2 Å². The second kappa shape index (κ2) is 7.09. The first kappa shape index (κ1) is 18.4. The highest BCUT2D eigenvalue weighted by atomic mass is 16.5. The molecule has 1 unspecified atom stereocenters. The highest BCUT2D eigenvalue weighted by Crippen LogP contribution is 2.38. The average Bonchev–Trinajstić information content (AvgIpc) is 3.15. The third-order valence-electron chi connectivity index (χ3n) is 6.02. The summed E-state index contributed by atoms with van der Waals surface area (Å²) in [5.41, 5.74) is 2.88. The highest BCUT2D eigenvalue weighted by Gasteiger charge is 2.29. The fourth-order valence-corrected chi connectivity index (χ4v) is 4.21. The summed E-state index contributed by atoms with van der Waals surface area (Å²) < 4.78 is 9.40. The van der Waals surface area contributed by atoms with Crippen molar-refractivity contribution in [1.29, 1.82) is 0 Å². The number of morpholine rings is 1. The van der Waals surface area contributed by atoms with E-state index in [0.717, 1.165) is 59.1 Å². The molecular weight excluding hydrogens is 394 g/mol. The number of rotatable bonds is 5. The maximum absolute atomic E-state index is 5.66. The number of pyridine rings is 1. The Labute approximate surface area is 179 Å². The van der Waals surface area contributed by atoms with Gasteiger partial charge in [0.15, 0.2) is 17.3 Å². The number of anilines is 2. The van der Waals surface area contributed by atoms with Crippen molar-refractivity contribution in [3.63, 3.8) is 0 Å². The van der Waals surface area contributed by atoms with E-state index in [4.69, 9.17) is 14.8 Å². The van der Waals surface area contributed by atoms with Gasteiger partial charge in [-0.2, -0.15) is 14.9 Å². The Kier molecular flexibility index (Phi) is 4.20. The van der Waals surface area contributed by atoms with Crippen LogP contribution in [0.15, 0.2) is 30.6 Å². The monoisotopic (exact) mass is 419 g/mol. The van der Waals surface area contributed by atoms with Crippen molar-refractivity contribution in [2.45, 2.75) is 31.8 Å². The van der Waals surface area contributed by atoms with E-state index in [1.165, 1.54) is 0 Å². The minimum atomic E-state index is 0.241. The Balaban J connectivity index is 1.63. The predicted octanol–water partition coefficient (Wildman–Crippen LogP) is 2.34. The van der Waals surface area contributed by atoms with Crippen LogP contribution in [0.4, 0.5) is 11.6 Å². The Bertz CT molecular complexity index is 1220. The molecule has 2 aliphatic rings. The molecule has 31 heavy (non-hydrogen) atoms. The van der Waals surface area contributed by atoms with Crippen LogP contribution in [-0.2, 0) is 11.8 Å². The fraction of sp³-hybridized carbons (Fsp3) is 0.429. The van der Waals surface area contributed by atoms with Crippen LogP contribution in [0, 0.1) is 0 Å². The number of fused-ring (bicyclic) bond motifs is 1. The standard InChI is InChI=1S/C21H25N9O/c1-13-12-31-10-9-29(13)18-11-15(16-5-8-23-28(16)2)19-20(24-14-3-4-14)27-30(21(19)25-18)17-6-7-22-26-17/h5-8,11,13-14H,3-4,9-10,12H2,1-2H3,(H,22,26)(H,24,27). The maximum atomic E-state index is 5.66. The molecular formula is C21H25N9O. The van der Waals surface area contributed by atoms with Crippen molar-refractivity contribution in [3.05, 3.63) is 30.6 Å². The van der Waals surface area contributed by atoms with E-state index in [2.05, 4.69) is 38.5 Å². The lowest BCUT2D eigenvalue weighted by Crippen LogP contribution is -2.44. The van der Waals surface area contributed by atoms with E-state index in [1.54, 1.807) is 6.20 Å². The Morgan fingerprint density at radius 1 is 1.23 bits per heavy atom. The molecule has 4 aromatic heterocycles. The van der Waals surface area contributed by atoms with Crippen LogP contribution in [0.1, 0.15) is 19.8 Å². The number of aromatic nitrogens is 7. The molecule has 5 heterocycles. The SMILES string of the molecule is CC1COCCN1c1cc(-c2ccnn2C)c2c(NC3CC3)nn(-c3ccn[nH]3)c2n1. The number of aryl methyl sites for hydroxylation is 1. The van der Waals surface area contributed by atoms with Gasteiger partial charge in [0.25, 0.3) is 0 Å². The zero-order chi connectivity index (χ0) is 20.9. The van der Waals surface area contributed by atoms with Gasteiger partial charge in [0.2, 0.25) is 0 Å². The molecule has 1 aliphatic carbocycles. The summed E-state index contributed by atoms with van der Waals surface area (Å²) in [5, 5.41) is 21.1. The summed E-state index contributed by atoms with van der Waals surface area (Å²) in [6, 6.07) is 6.81. The Morgan fingerprint density at radius 2 is 2.13 bits per heavy atom. The third kappa shape index (κ3) is 3.14. The van der Waals surface area contributed by atoms with Crippen LogP contribution in [0.5, 0.6) is 0 Å². The number of nitrogens with one attached hydrogen (secondary N) is 2. The number of H-pyrrole nitrogens is 1. The molecule has 2 fully saturated rings. The predicted molar refractivity (Wildman–Crippen MR) is 117 cm³/mol. The molecule has 4 aromatic rings. The lowest BCUT2D eigenvalue weighted by Gasteiger charge is -2.34. The molecule has 1 saturated heterocycles. The summed E-state index contributed by atoms with van der Waals surface area (Å²) in [5.74, 6) is 2.54. The first-order valence-electron chi connectivity index (χ1n) is 10.7. The largest absolute Gasteiger partial charge is 0.377 e. The van der Waals surface area contributed by atoms with Gasteiger partial charge in [-0.1, -0.05) is 0 Å². The molecule has 1 atom stereocenters. The molecule has 0 spiro atoms. The number of hydrogen-bond acceptors (Lipinski definition) is 7. The molecule has 1 aliphatic heterocycles. The number of hydrogen-bond donors (Lipinski definition) is 2. The van der Waals surface area contributed by atoms with E-state index in [9.17, 15) is 0 Å². The van der Waals surface area contributed by atoms with Crippen molar-refractivity contribution in [2.24, 2.45) is 7.05 Å². The van der Waals surface area contributed by atoms with Crippen LogP contribution in [0.2, 0.25) is 0 Å². The van der Waals surface area contributed by atoms with Gasteiger partial charge in [0.1, 0.15) is 5.82 Å². The molecule has 10 heteroatoms. The van der Waals surface area contributed by atoms with Gasteiger partial charge < -0.3 is 15.0 Å². The Hall–Kier alpha value is -3.40. The quantitative estimate of drug-likeness (QED) is 0.512. The summed E-state index contributed by atoms with van der Waals surface area (Å²) in [6.45, 7) is 4.35. The minimum absolute atomic E-state index is 0.241. The number of ether oxygens (including phenoxy) is 1. The van der Waals surface area contributed by atoms with Gasteiger partial charge in [-0.3, -0.25) is 9.78 Å². The molecule has 0 bridgehead atoms. The van der Waals surface area contributed by atoms with Gasteiger partial charge in [-0.15, -0.1) is 5.10 Å². The van der Waals surface area contributed by atoms with Crippen molar-refractivity contribution in [2.75, 3.05) is 30.0 Å². The van der Waals surface area contributed by atoms with Gasteiger partial charge in [-0.05, 0) is 31.9 Å². The van der Waals surface area contributed by atoms with E-state index in [1.807, 2.05) is 34.7 Å². The molecule has 0 aromatic carbocycles. The van der Waals surface area contributed by atoms with E-state index >= 15 is 0 Å². The first-order chi connectivity index (χ1) is 15.2. The third-order valence-corrected chi connectivity index (χ3v) is 6.02. The molecule has 0 radical (unpaired) electrons. The van der Waals surface area contributed by atoms with E-state index in [-0.39, 0.29) is 6.04 Å². The van der Waals surface area contributed by atoms with Crippen LogP contribution in [0.3, 0.4) is 0 Å². The van der Waals surface area contributed by atoms with Gasteiger partial charge in [0, 0.05) is 37.5 Å². The highest BCUT2D eigenvalue weighted by molar-refractivity contribution is 6.02. The fourth-order valence-electron chi connectivity index (χ4n) is 4.21. The van der Waals surface area contributed by atoms with Gasteiger partial charge >= 0.3 is 0 Å². The zero-order valence-corrected chi connectivity index (χ0v) is 17.6. The van der Waals surface area contributed by atoms with E-state index in [0.29, 0.717) is 19.3 Å². The second-order valence-corrected chi connectivity index (χ2v) is 8.30. The van der Waals surface area contributed by atoms with Crippen molar-refractivity contribution in [1.82, 2.24) is 34.7 Å². The molecule has 6 rings (SSSR count). The topological polar surface area (TPSA) is 102 Å². The smallest absolute Gasteiger partial charge is 0.169 e. The molecule has 1 saturated carbocycles. The lowest BCUT2D eigenvalue weighted by atomic mass is 10.1. The van der Waals surface area contributed by atoms with Crippen LogP contribution in [0.25, 0.3) is 28.1 Å². The second-order valence-electron chi connectivity index (χ2n) is 8.30. The average molecular weight is 419 g/mol. The lowest BCUT2D eigenvalue weighted by molar-refractivity contribution is 0.0985. The molecule has 2 N–H and O–H groups in total. The molecule has 10 nitrogen and oxygen atoms in total. The summed E-state index contributed by atoms with van der Waals surface area (Å²) >= 11 is 0. The molecule has 0 amide bonds.